The molecule has 0 aromatic heterocycles. The summed E-state index contributed by atoms with van der Waals surface area (Å²) in [6.45, 7) is 1.86. The molecule has 1 nitrogen and oxygen atoms in total. The van der Waals surface area contributed by atoms with Crippen LogP contribution in [0.5, 0.6) is 0 Å². The van der Waals surface area contributed by atoms with Crippen LogP contribution in [-0.2, 0) is 0 Å². The van der Waals surface area contributed by atoms with Gasteiger partial charge in [-0.3, -0.25) is 4.79 Å². The first-order valence-corrected chi connectivity index (χ1v) is 5.94. The fourth-order valence-corrected chi connectivity index (χ4v) is 1.87. The minimum atomic E-state index is -0.426. The smallest absolute Gasteiger partial charge is 0.193 e. The first kappa shape index (κ1) is 12.0. The predicted octanol–water partition coefficient (Wildman–Crippen LogP) is 4.13. The standard InChI is InChI=1S/C14H10BrFO/c1-9-4-2-3-5-11(9)14(17)10-6-7-12(15)13(16)8-10/h2-8H,1H3. The van der Waals surface area contributed by atoms with Crippen LogP contribution in [0.15, 0.2) is 46.9 Å². The Labute approximate surface area is 107 Å². The van der Waals surface area contributed by atoms with Gasteiger partial charge in [-0.2, -0.15) is 0 Å². The minimum absolute atomic E-state index is 0.158. The van der Waals surface area contributed by atoms with E-state index in [0.717, 1.165) is 5.56 Å². The highest BCUT2D eigenvalue weighted by Crippen LogP contribution is 2.19. The Morgan fingerprint density at radius 3 is 2.53 bits per heavy atom. The van der Waals surface area contributed by atoms with Crippen LogP contribution >= 0.6 is 15.9 Å². The van der Waals surface area contributed by atoms with Crippen LogP contribution in [0.25, 0.3) is 0 Å². The van der Waals surface area contributed by atoms with Gasteiger partial charge in [0.2, 0.25) is 0 Å². The molecule has 0 amide bonds. The van der Waals surface area contributed by atoms with Crippen LogP contribution in [0.4, 0.5) is 4.39 Å². The molecule has 0 aliphatic heterocycles. The normalized spacial score (nSPS) is 10.3. The van der Waals surface area contributed by atoms with Crippen molar-refractivity contribution in [3.05, 3.63) is 69.4 Å². The van der Waals surface area contributed by atoms with Crippen molar-refractivity contribution in [2.75, 3.05) is 0 Å². The van der Waals surface area contributed by atoms with Crippen LogP contribution in [0.1, 0.15) is 21.5 Å². The van der Waals surface area contributed by atoms with E-state index >= 15 is 0 Å². The van der Waals surface area contributed by atoms with Crippen molar-refractivity contribution in [2.45, 2.75) is 6.92 Å². The molecule has 0 saturated carbocycles. The number of aryl methyl sites for hydroxylation is 1. The van der Waals surface area contributed by atoms with Crippen molar-refractivity contribution in [1.82, 2.24) is 0 Å². The van der Waals surface area contributed by atoms with E-state index in [1.165, 1.54) is 6.07 Å². The maximum absolute atomic E-state index is 13.4. The minimum Gasteiger partial charge on any atom is -0.289 e. The van der Waals surface area contributed by atoms with Gasteiger partial charge in [-0.25, -0.2) is 4.39 Å². The second-order valence-electron chi connectivity index (χ2n) is 3.77. The van der Waals surface area contributed by atoms with Crippen LogP contribution in [0, 0.1) is 12.7 Å². The highest BCUT2D eigenvalue weighted by molar-refractivity contribution is 9.10. The van der Waals surface area contributed by atoms with Crippen molar-refractivity contribution in [3.63, 3.8) is 0 Å². The Bertz CT molecular complexity index is 578. The molecule has 0 N–H and O–H groups in total. The predicted molar refractivity (Wildman–Crippen MR) is 68.7 cm³/mol. The maximum atomic E-state index is 13.4. The quantitative estimate of drug-likeness (QED) is 0.761. The van der Waals surface area contributed by atoms with Crippen LogP contribution in [-0.4, -0.2) is 5.78 Å². The molecular formula is C14H10BrFO. The van der Waals surface area contributed by atoms with E-state index in [0.29, 0.717) is 15.6 Å². The van der Waals surface area contributed by atoms with Gasteiger partial charge in [0.1, 0.15) is 5.82 Å². The van der Waals surface area contributed by atoms with Gasteiger partial charge in [-0.1, -0.05) is 24.3 Å². The summed E-state index contributed by atoms with van der Waals surface area (Å²) in [7, 11) is 0. The molecule has 0 bridgehead atoms. The number of ketones is 1. The third kappa shape index (κ3) is 2.44. The molecule has 0 spiro atoms. The molecule has 2 rings (SSSR count). The van der Waals surface area contributed by atoms with E-state index in [-0.39, 0.29) is 5.78 Å². The number of hydrogen-bond donors (Lipinski definition) is 0. The van der Waals surface area contributed by atoms with Gasteiger partial charge in [0.05, 0.1) is 4.47 Å². The summed E-state index contributed by atoms with van der Waals surface area (Å²) in [4.78, 5) is 12.1. The second-order valence-corrected chi connectivity index (χ2v) is 4.63. The summed E-state index contributed by atoms with van der Waals surface area (Å²) in [5, 5.41) is 0. The summed E-state index contributed by atoms with van der Waals surface area (Å²) < 4.78 is 13.7. The Hall–Kier alpha value is -1.48. The lowest BCUT2D eigenvalue weighted by Gasteiger charge is -2.05. The summed E-state index contributed by atoms with van der Waals surface area (Å²) in [5.74, 6) is -0.584. The molecule has 0 radical (unpaired) electrons. The average molecular weight is 293 g/mol. The Morgan fingerprint density at radius 1 is 1.18 bits per heavy atom. The lowest BCUT2D eigenvalue weighted by atomic mass is 9.99. The van der Waals surface area contributed by atoms with E-state index in [1.807, 2.05) is 19.1 Å². The molecule has 0 aliphatic carbocycles. The van der Waals surface area contributed by atoms with Gasteiger partial charge in [0.25, 0.3) is 0 Å². The molecule has 3 heteroatoms. The first-order valence-electron chi connectivity index (χ1n) is 5.15. The van der Waals surface area contributed by atoms with Gasteiger partial charge < -0.3 is 0 Å². The summed E-state index contributed by atoms with van der Waals surface area (Å²) in [6.07, 6.45) is 0. The maximum Gasteiger partial charge on any atom is 0.193 e. The highest BCUT2D eigenvalue weighted by Gasteiger charge is 2.12. The number of hydrogen-bond acceptors (Lipinski definition) is 1. The van der Waals surface area contributed by atoms with Crippen molar-refractivity contribution in [2.24, 2.45) is 0 Å². The fourth-order valence-electron chi connectivity index (χ4n) is 1.62. The van der Waals surface area contributed by atoms with E-state index in [9.17, 15) is 9.18 Å². The average Bonchev–Trinajstić information content (AvgIpc) is 2.32. The summed E-state index contributed by atoms with van der Waals surface area (Å²) in [5.41, 5.74) is 1.86. The van der Waals surface area contributed by atoms with E-state index in [1.54, 1.807) is 24.3 Å². The summed E-state index contributed by atoms with van der Waals surface area (Å²) in [6, 6.07) is 11.7. The van der Waals surface area contributed by atoms with Crippen LogP contribution < -0.4 is 0 Å². The molecule has 17 heavy (non-hydrogen) atoms. The SMILES string of the molecule is Cc1ccccc1C(=O)c1ccc(Br)c(F)c1. The first-order chi connectivity index (χ1) is 8.09. The lowest BCUT2D eigenvalue weighted by Crippen LogP contribution is -2.03. The molecule has 0 saturated heterocycles. The number of benzene rings is 2. The molecule has 0 aliphatic rings. The molecule has 0 heterocycles. The van der Waals surface area contributed by atoms with Gasteiger partial charge >= 0.3 is 0 Å². The molecule has 0 atom stereocenters. The fraction of sp³-hybridized carbons (Fsp3) is 0.0714. The van der Waals surface area contributed by atoms with Crippen molar-refractivity contribution < 1.29 is 9.18 Å². The molecule has 0 unspecified atom stereocenters. The van der Waals surface area contributed by atoms with E-state index < -0.39 is 5.82 Å². The van der Waals surface area contributed by atoms with Crippen molar-refractivity contribution >= 4 is 21.7 Å². The number of carbonyl (C=O) groups is 1. The molecular weight excluding hydrogens is 283 g/mol. The number of carbonyl (C=O) groups excluding carboxylic acids is 1. The molecule has 2 aromatic rings. The summed E-state index contributed by atoms with van der Waals surface area (Å²) >= 11 is 3.06. The van der Waals surface area contributed by atoms with Gasteiger partial charge in [0, 0.05) is 11.1 Å². The third-order valence-corrected chi connectivity index (χ3v) is 3.21. The highest BCUT2D eigenvalue weighted by atomic mass is 79.9. The third-order valence-electron chi connectivity index (χ3n) is 2.57. The van der Waals surface area contributed by atoms with Gasteiger partial charge in [0.15, 0.2) is 5.78 Å². The Balaban J connectivity index is 2.44. The molecule has 2 aromatic carbocycles. The Morgan fingerprint density at radius 2 is 1.88 bits per heavy atom. The van der Waals surface area contributed by atoms with Gasteiger partial charge in [-0.15, -0.1) is 0 Å². The zero-order valence-corrected chi connectivity index (χ0v) is 10.8. The van der Waals surface area contributed by atoms with Crippen LogP contribution in [0.2, 0.25) is 0 Å². The Kier molecular flexibility index (Phi) is 3.38. The van der Waals surface area contributed by atoms with Crippen molar-refractivity contribution in [3.8, 4) is 0 Å². The zero-order chi connectivity index (χ0) is 12.4. The lowest BCUT2D eigenvalue weighted by molar-refractivity contribution is 0.103. The van der Waals surface area contributed by atoms with E-state index in [2.05, 4.69) is 15.9 Å². The number of rotatable bonds is 2. The van der Waals surface area contributed by atoms with Crippen LogP contribution in [0.3, 0.4) is 0 Å². The number of halogens is 2. The largest absolute Gasteiger partial charge is 0.289 e. The zero-order valence-electron chi connectivity index (χ0n) is 9.21. The molecule has 0 fully saturated rings. The van der Waals surface area contributed by atoms with E-state index in [4.69, 9.17) is 0 Å². The molecule has 86 valence electrons. The monoisotopic (exact) mass is 292 g/mol. The van der Waals surface area contributed by atoms with Gasteiger partial charge in [-0.05, 0) is 46.6 Å². The van der Waals surface area contributed by atoms with Crippen molar-refractivity contribution in [1.29, 1.82) is 0 Å². The topological polar surface area (TPSA) is 17.1 Å². The second kappa shape index (κ2) is 4.80.